The van der Waals surface area contributed by atoms with E-state index < -0.39 is 11.4 Å². The lowest BCUT2D eigenvalue weighted by Gasteiger charge is -2.29. The molecular formula is C29H31FN2O3. The average molecular weight is 475 g/mol. The second-order valence-corrected chi connectivity index (χ2v) is 9.15. The molecule has 0 aliphatic carbocycles. The summed E-state index contributed by atoms with van der Waals surface area (Å²) in [7, 11) is 1.43. The fourth-order valence-electron chi connectivity index (χ4n) is 4.84. The molecule has 1 unspecified atom stereocenters. The number of carbonyl (C=O) groups is 2. The van der Waals surface area contributed by atoms with E-state index in [9.17, 15) is 14.0 Å². The zero-order chi connectivity index (χ0) is 24.7. The third kappa shape index (κ3) is 6.27. The van der Waals surface area contributed by atoms with Crippen LogP contribution in [0.5, 0.6) is 5.75 Å². The maximum absolute atomic E-state index is 13.8. The first-order valence-corrected chi connectivity index (χ1v) is 12.0. The molecule has 35 heavy (non-hydrogen) atoms. The first-order chi connectivity index (χ1) is 17.0. The molecule has 3 aromatic rings. The first-order valence-electron chi connectivity index (χ1n) is 12.0. The zero-order valence-electron chi connectivity index (χ0n) is 19.9. The highest BCUT2D eigenvalue weighted by Gasteiger charge is 2.38. The van der Waals surface area contributed by atoms with Gasteiger partial charge in [0, 0.05) is 30.8 Å². The molecule has 1 heterocycles. The Hall–Kier alpha value is -3.67. The molecule has 4 rings (SSSR count). The number of nitrogens with one attached hydrogen (secondary N) is 2. The second kappa shape index (κ2) is 11.2. The summed E-state index contributed by atoms with van der Waals surface area (Å²) >= 11 is 0. The summed E-state index contributed by atoms with van der Waals surface area (Å²) in [4.78, 5) is 25.0. The number of rotatable bonds is 10. The molecule has 0 bridgehead atoms. The molecule has 3 aromatic carbocycles. The fourth-order valence-corrected chi connectivity index (χ4v) is 4.84. The first kappa shape index (κ1) is 24.5. The van der Waals surface area contributed by atoms with Crippen LogP contribution >= 0.6 is 0 Å². The van der Waals surface area contributed by atoms with E-state index in [0.717, 1.165) is 16.7 Å². The van der Waals surface area contributed by atoms with Gasteiger partial charge in [-0.2, -0.15) is 0 Å². The van der Waals surface area contributed by atoms with E-state index in [1.807, 2.05) is 36.4 Å². The van der Waals surface area contributed by atoms with Crippen molar-refractivity contribution in [3.63, 3.8) is 0 Å². The van der Waals surface area contributed by atoms with E-state index >= 15 is 0 Å². The number of hydrogen-bond acceptors (Lipinski definition) is 3. The van der Waals surface area contributed by atoms with Gasteiger partial charge in [-0.3, -0.25) is 9.59 Å². The molecular weight excluding hydrogens is 443 g/mol. The molecule has 182 valence electrons. The largest absolute Gasteiger partial charge is 0.494 e. The summed E-state index contributed by atoms with van der Waals surface area (Å²) in [6.07, 6.45) is 2.36. The minimum atomic E-state index is -0.532. The number of benzene rings is 3. The lowest BCUT2D eigenvalue weighted by Crippen LogP contribution is -2.44. The average Bonchev–Trinajstić information content (AvgIpc) is 3.25. The fraction of sp³-hybridized carbons (Fsp3) is 0.310. The maximum Gasteiger partial charge on any atom is 0.220 e. The molecule has 2 amide bonds. The van der Waals surface area contributed by atoms with Crippen LogP contribution in [0.3, 0.4) is 0 Å². The van der Waals surface area contributed by atoms with E-state index in [2.05, 4.69) is 34.9 Å². The Morgan fingerprint density at radius 2 is 1.71 bits per heavy atom. The molecule has 1 saturated heterocycles. The van der Waals surface area contributed by atoms with Gasteiger partial charge in [0.25, 0.3) is 0 Å². The lowest BCUT2D eigenvalue weighted by molar-refractivity contribution is -0.122. The van der Waals surface area contributed by atoms with Crippen LogP contribution in [0.1, 0.15) is 48.3 Å². The third-order valence-corrected chi connectivity index (χ3v) is 6.73. The summed E-state index contributed by atoms with van der Waals surface area (Å²) in [5.41, 5.74) is 2.61. The second-order valence-electron chi connectivity index (χ2n) is 9.15. The number of halogens is 1. The van der Waals surface area contributed by atoms with Gasteiger partial charge >= 0.3 is 0 Å². The molecule has 0 aromatic heterocycles. The molecule has 0 spiro atoms. The van der Waals surface area contributed by atoms with Crippen LogP contribution in [0.25, 0.3) is 0 Å². The predicted molar refractivity (Wildman–Crippen MR) is 134 cm³/mol. The Balaban J connectivity index is 1.41. The van der Waals surface area contributed by atoms with Gasteiger partial charge in [0.1, 0.15) is 0 Å². The van der Waals surface area contributed by atoms with Crippen molar-refractivity contribution in [3.05, 3.63) is 101 Å². The van der Waals surface area contributed by atoms with Crippen LogP contribution < -0.4 is 15.4 Å². The summed E-state index contributed by atoms with van der Waals surface area (Å²) in [5, 5.41) is 6.19. The molecule has 0 radical (unpaired) electrons. The van der Waals surface area contributed by atoms with E-state index in [0.29, 0.717) is 32.2 Å². The van der Waals surface area contributed by atoms with Crippen LogP contribution in [-0.2, 0) is 16.0 Å². The third-order valence-electron chi connectivity index (χ3n) is 6.73. The quantitative estimate of drug-likeness (QED) is 0.446. The highest BCUT2D eigenvalue weighted by atomic mass is 19.1. The summed E-state index contributed by atoms with van der Waals surface area (Å²) in [6, 6.07) is 25.0. The molecule has 5 nitrogen and oxygen atoms in total. The monoisotopic (exact) mass is 474 g/mol. The normalized spacial score (nSPS) is 17.3. The van der Waals surface area contributed by atoms with Gasteiger partial charge in [-0.15, -0.1) is 0 Å². The summed E-state index contributed by atoms with van der Waals surface area (Å²) in [6.45, 7) is 0.487. The van der Waals surface area contributed by atoms with Gasteiger partial charge in [-0.1, -0.05) is 66.7 Å². The van der Waals surface area contributed by atoms with Crippen molar-refractivity contribution >= 4 is 11.8 Å². The molecule has 1 fully saturated rings. The van der Waals surface area contributed by atoms with E-state index in [1.165, 1.54) is 13.2 Å². The maximum atomic E-state index is 13.8. The SMILES string of the molecule is COc1cc(CC2(CCC(=O)NCC(c3ccccc3)c3ccccc3)CCC(=O)N2)ccc1F. The van der Waals surface area contributed by atoms with Crippen LogP contribution in [0.15, 0.2) is 78.9 Å². The summed E-state index contributed by atoms with van der Waals surface area (Å²) in [5.74, 6) is -0.279. The van der Waals surface area contributed by atoms with E-state index in [4.69, 9.17) is 4.74 Å². The van der Waals surface area contributed by atoms with E-state index in [-0.39, 0.29) is 29.9 Å². The Morgan fingerprint density at radius 1 is 1.06 bits per heavy atom. The lowest BCUT2D eigenvalue weighted by atomic mass is 9.84. The van der Waals surface area contributed by atoms with Crippen LogP contribution in [0.2, 0.25) is 0 Å². The van der Waals surface area contributed by atoms with Gasteiger partial charge in [0.15, 0.2) is 11.6 Å². The van der Waals surface area contributed by atoms with Crippen molar-refractivity contribution in [3.8, 4) is 5.75 Å². The molecule has 1 atom stereocenters. The molecule has 1 aliphatic heterocycles. The zero-order valence-corrected chi connectivity index (χ0v) is 19.9. The van der Waals surface area contributed by atoms with Crippen molar-refractivity contribution in [1.29, 1.82) is 0 Å². The standard InChI is InChI=1S/C29H31FN2O3/c1-35-26-18-21(12-13-25(26)30)19-29(17-15-28(34)32-29)16-14-27(33)31-20-24(22-8-4-2-5-9-22)23-10-6-3-7-11-23/h2-13,18,24H,14-17,19-20H2,1H3,(H,31,33)(H,32,34). The summed E-state index contributed by atoms with van der Waals surface area (Å²) < 4.78 is 18.9. The van der Waals surface area contributed by atoms with Crippen LogP contribution in [0, 0.1) is 5.82 Å². The molecule has 2 N–H and O–H groups in total. The number of amides is 2. The number of carbonyl (C=O) groups excluding carboxylic acids is 2. The topological polar surface area (TPSA) is 67.4 Å². The van der Waals surface area contributed by atoms with E-state index in [1.54, 1.807) is 12.1 Å². The van der Waals surface area contributed by atoms with Crippen LogP contribution in [-0.4, -0.2) is 31.0 Å². The van der Waals surface area contributed by atoms with Gasteiger partial charge in [-0.05, 0) is 48.1 Å². The highest BCUT2D eigenvalue weighted by molar-refractivity contribution is 5.80. The van der Waals surface area contributed by atoms with Crippen LogP contribution in [0.4, 0.5) is 4.39 Å². The van der Waals surface area contributed by atoms with Crippen molar-refractivity contribution in [1.82, 2.24) is 10.6 Å². The van der Waals surface area contributed by atoms with Crippen molar-refractivity contribution < 1.29 is 18.7 Å². The van der Waals surface area contributed by atoms with Gasteiger partial charge < -0.3 is 15.4 Å². The molecule has 1 aliphatic rings. The minimum Gasteiger partial charge on any atom is -0.494 e. The Bertz CT molecular complexity index is 1110. The Labute approximate surface area is 205 Å². The highest BCUT2D eigenvalue weighted by Crippen LogP contribution is 2.31. The minimum absolute atomic E-state index is 0.0206. The predicted octanol–water partition coefficient (Wildman–Crippen LogP) is 4.75. The Morgan fingerprint density at radius 3 is 2.29 bits per heavy atom. The van der Waals surface area contributed by atoms with Crippen molar-refractivity contribution in [2.24, 2.45) is 0 Å². The molecule has 6 heteroatoms. The van der Waals surface area contributed by atoms with Gasteiger partial charge in [0.2, 0.25) is 11.8 Å². The number of ether oxygens (including phenoxy) is 1. The Kier molecular flexibility index (Phi) is 7.80. The number of hydrogen-bond donors (Lipinski definition) is 2. The smallest absolute Gasteiger partial charge is 0.220 e. The van der Waals surface area contributed by atoms with Crippen molar-refractivity contribution in [2.75, 3.05) is 13.7 Å². The van der Waals surface area contributed by atoms with Gasteiger partial charge in [0.05, 0.1) is 7.11 Å². The van der Waals surface area contributed by atoms with Crippen molar-refractivity contribution in [2.45, 2.75) is 43.6 Å². The molecule has 0 saturated carbocycles. The number of methoxy groups -OCH3 is 1. The van der Waals surface area contributed by atoms with Gasteiger partial charge in [-0.25, -0.2) is 4.39 Å².